The molecule has 2 rings (SSSR count). The molecule has 0 heterocycles. The molecule has 0 saturated heterocycles. The Balaban J connectivity index is 1.97. The Morgan fingerprint density at radius 2 is 1.66 bits per heavy atom. The van der Waals surface area contributed by atoms with Crippen LogP contribution in [0.1, 0.15) is 19.4 Å². The molecule has 0 aliphatic heterocycles. The lowest BCUT2D eigenvalue weighted by atomic mass is 10.2. The summed E-state index contributed by atoms with van der Waals surface area (Å²) in [6.45, 7) is 3.31. The minimum absolute atomic E-state index is 0.115. The average Bonchev–Trinajstić information content (AvgIpc) is 2.67. The van der Waals surface area contributed by atoms with Gasteiger partial charge in [0.1, 0.15) is 0 Å². The predicted octanol–water partition coefficient (Wildman–Crippen LogP) is 2.96. The third-order valence-corrected chi connectivity index (χ3v) is 5.66. The maximum Gasteiger partial charge on any atom is 0.331 e. The van der Waals surface area contributed by atoms with Crippen molar-refractivity contribution < 1.29 is 22.7 Å². The molecule has 0 aliphatic rings. The molecule has 0 saturated carbocycles. The van der Waals surface area contributed by atoms with Gasteiger partial charge in [0.2, 0.25) is 10.0 Å². The summed E-state index contributed by atoms with van der Waals surface area (Å²) in [4.78, 5) is 23.4. The Bertz CT molecular complexity index is 979. The van der Waals surface area contributed by atoms with Gasteiger partial charge >= 0.3 is 5.97 Å². The van der Waals surface area contributed by atoms with Gasteiger partial charge in [0.25, 0.3) is 5.91 Å². The average molecular weight is 416 g/mol. The fraction of sp³-hybridized carbons (Fsp3) is 0.238. The number of nitrogens with one attached hydrogen (secondary N) is 1. The Morgan fingerprint density at radius 3 is 2.24 bits per heavy atom. The van der Waals surface area contributed by atoms with E-state index in [4.69, 9.17) is 4.74 Å². The van der Waals surface area contributed by atoms with E-state index in [1.54, 1.807) is 13.8 Å². The first kappa shape index (κ1) is 22.3. The zero-order valence-electron chi connectivity index (χ0n) is 16.6. The van der Waals surface area contributed by atoms with Crippen molar-refractivity contribution in [1.82, 2.24) is 4.31 Å². The molecular formula is C21H24N2O5S. The van der Waals surface area contributed by atoms with Gasteiger partial charge in [-0.2, -0.15) is 4.31 Å². The minimum Gasteiger partial charge on any atom is -0.452 e. The number of nitrogens with zero attached hydrogens (tertiary/aromatic N) is 1. The number of ether oxygens (including phenoxy) is 1. The summed E-state index contributed by atoms with van der Waals surface area (Å²) in [6, 6.07) is 15.1. The Kier molecular flexibility index (Phi) is 7.69. The SMILES string of the molecule is CC(C)=CC(=O)OCC(=O)Nc1ccc(S(=O)(=O)N(C)Cc2ccccc2)cc1. The molecule has 0 fully saturated rings. The van der Waals surface area contributed by atoms with E-state index in [0.717, 1.165) is 11.1 Å². The maximum atomic E-state index is 12.7. The molecule has 0 bridgehead atoms. The van der Waals surface area contributed by atoms with Gasteiger partial charge in [-0.05, 0) is 43.7 Å². The Hall–Kier alpha value is -2.97. The van der Waals surface area contributed by atoms with E-state index in [1.807, 2.05) is 30.3 Å². The van der Waals surface area contributed by atoms with Crippen molar-refractivity contribution in [2.45, 2.75) is 25.3 Å². The van der Waals surface area contributed by atoms with Crippen molar-refractivity contribution in [2.24, 2.45) is 0 Å². The Morgan fingerprint density at radius 1 is 1.03 bits per heavy atom. The molecule has 0 radical (unpaired) electrons. The number of hydrogen-bond acceptors (Lipinski definition) is 5. The molecule has 0 atom stereocenters. The molecule has 0 spiro atoms. The van der Waals surface area contributed by atoms with E-state index in [-0.39, 0.29) is 11.4 Å². The molecule has 0 aromatic heterocycles. The number of hydrogen-bond donors (Lipinski definition) is 1. The zero-order valence-corrected chi connectivity index (χ0v) is 17.4. The number of benzene rings is 2. The molecule has 7 nitrogen and oxygen atoms in total. The topological polar surface area (TPSA) is 92.8 Å². The molecule has 8 heteroatoms. The van der Waals surface area contributed by atoms with Crippen LogP contribution in [0.3, 0.4) is 0 Å². The van der Waals surface area contributed by atoms with Crippen molar-refractivity contribution in [3.05, 3.63) is 71.8 Å². The number of anilines is 1. The highest BCUT2D eigenvalue weighted by atomic mass is 32.2. The van der Waals surface area contributed by atoms with Crippen LogP contribution in [-0.4, -0.2) is 38.3 Å². The van der Waals surface area contributed by atoms with Gasteiger partial charge in [-0.15, -0.1) is 0 Å². The molecule has 0 unspecified atom stereocenters. The first-order valence-corrected chi connectivity index (χ1v) is 10.3. The molecule has 1 N–H and O–H groups in total. The molecular weight excluding hydrogens is 392 g/mol. The highest BCUT2D eigenvalue weighted by Crippen LogP contribution is 2.19. The number of carbonyl (C=O) groups is 2. The second kappa shape index (κ2) is 9.99. The predicted molar refractivity (Wildman–Crippen MR) is 111 cm³/mol. The van der Waals surface area contributed by atoms with Crippen LogP contribution in [0.15, 0.2) is 71.1 Å². The monoisotopic (exact) mass is 416 g/mol. The number of carbonyl (C=O) groups excluding carboxylic acids is 2. The van der Waals surface area contributed by atoms with Crippen LogP contribution in [-0.2, 0) is 30.9 Å². The Labute approximate surface area is 171 Å². The second-order valence-corrected chi connectivity index (χ2v) is 8.69. The number of sulfonamides is 1. The summed E-state index contributed by atoms with van der Waals surface area (Å²) in [6.07, 6.45) is 1.29. The number of rotatable bonds is 8. The van der Waals surface area contributed by atoms with Gasteiger partial charge < -0.3 is 10.1 Å². The molecule has 0 aliphatic carbocycles. The molecule has 29 heavy (non-hydrogen) atoms. The summed E-state index contributed by atoms with van der Waals surface area (Å²) >= 11 is 0. The summed E-state index contributed by atoms with van der Waals surface area (Å²) in [5, 5.41) is 2.55. The molecule has 1 amide bonds. The number of esters is 1. The highest BCUT2D eigenvalue weighted by Gasteiger charge is 2.21. The van der Waals surface area contributed by atoms with Gasteiger partial charge in [0.15, 0.2) is 6.61 Å². The van der Waals surface area contributed by atoms with Crippen LogP contribution in [0, 0.1) is 0 Å². The lowest BCUT2D eigenvalue weighted by Crippen LogP contribution is -2.26. The fourth-order valence-electron chi connectivity index (χ4n) is 2.43. The van der Waals surface area contributed by atoms with E-state index in [9.17, 15) is 18.0 Å². The van der Waals surface area contributed by atoms with Crippen molar-refractivity contribution in [1.29, 1.82) is 0 Å². The van der Waals surface area contributed by atoms with E-state index >= 15 is 0 Å². The van der Waals surface area contributed by atoms with Gasteiger partial charge in [0, 0.05) is 25.4 Å². The van der Waals surface area contributed by atoms with Gasteiger partial charge in [0.05, 0.1) is 4.90 Å². The zero-order chi connectivity index (χ0) is 21.4. The molecule has 154 valence electrons. The standard InChI is InChI=1S/C21H24N2O5S/c1-16(2)13-21(25)28-15-20(24)22-18-9-11-19(12-10-18)29(26,27)23(3)14-17-7-5-4-6-8-17/h4-13H,14-15H2,1-3H3,(H,22,24). The smallest absolute Gasteiger partial charge is 0.331 e. The van der Waals surface area contributed by atoms with Crippen LogP contribution in [0.2, 0.25) is 0 Å². The van der Waals surface area contributed by atoms with Gasteiger partial charge in [-0.25, -0.2) is 13.2 Å². The van der Waals surface area contributed by atoms with Crippen LogP contribution in [0.5, 0.6) is 0 Å². The van der Waals surface area contributed by atoms with Crippen molar-refractivity contribution in [3.8, 4) is 0 Å². The third-order valence-electron chi connectivity index (χ3n) is 3.85. The first-order valence-electron chi connectivity index (χ1n) is 8.90. The normalized spacial score (nSPS) is 11.0. The van der Waals surface area contributed by atoms with E-state index < -0.39 is 28.5 Å². The first-order chi connectivity index (χ1) is 13.7. The van der Waals surface area contributed by atoms with E-state index in [1.165, 1.54) is 41.7 Å². The third kappa shape index (κ3) is 6.85. The largest absolute Gasteiger partial charge is 0.452 e. The second-order valence-electron chi connectivity index (χ2n) is 6.65. The lowest BCUT2D eigenvalue weighted by Gasteiger charge is -2.17. The van der Waals surface area contributed by atoms with Crippen LogP contribution in [0.4, 0.5) is 5.69 Å². The van der Waals surface area contributed by atoms with Crippen LogP contribution >= 0.6 is 0 Å². The minimum atomic E-state index is -3.67. The van der Waals surface area contributed by atoms with Crippen LogP contribution in [0.25, 0.3) is 0 Å². The molecule has 2 aromatic rings. The quantitative estimate of drug-likeness (QED) is 0.528. The lowest BCUT2D eigenvalue weighted by molar-refractivity contribution is -0.142. The van der Waals surface area contributed by atoms with Crippen molar-refractivity contribution >= 4 is 27.6 Å². The number of amides is 1. The summed E-state index contributed by atoms with van der Waals surface area (Å²) in [5.74, 6) is -1.11. The fourth-order valence-corrected chi connectivity index (χ4v) is 3.59. The van der Waals surface area contributed by atoms with Gasteiger partial charge in [-0.1, -0.05) is 35.9 Å². The highest BCUT2D eigenvalue weighted by molar-refractivity contribution is 7.89. The van der Waals surface area contributed by atoms with Crippen LogP contribution < -0.4 is 5.32 Å². The maximum absolute atomic E-state index is 12.7. The van der Waals surface area contributed by atoms with Crippen molar-refractivity contribution in [2.75, 3.05) is 19.0 Å². The molecule has 2 aromatic carbocycles. The summed E-state index contributed by atoms with van der Waals surface area (Å²) < 4.78 is 31.5. The van der Waals surface area contributed by atoms with E-state index in [2.05, 4.69) is 5.32 Å². The van der Waals surface area contributed by atoms with Gasteiger partial charge in [-0.3, -0.25) is 4.79 Å². The van der Waals surface area contributed by atoms with E-state index in [0.29, 0.717) is 5.69 Å². The summed E-state index contributed by atoms with van der Waals surface area (Å²) in [7, 11) is -2.16. The van der Waals surface area contributed by atoms with Crippen molar-refractivity contribution in [3.63, 3.8) is 0 Å². The number of allylic oxidation sites excluding steroid dienone is 1. The summed E-state index contributed by atoms with van der Waals surface area (Å²) in [5.41, 5.74) is 2.05.